The first-order valence-electron chi connectivity index (χ1n) is 12.8. The molecule has 0 spiro atoms. The van der Waals surface area contributed by atoms with Gasteiger partial charge in [0.05, 0.1) is 11.6 Å². The zero-order valence-electron chi connectivity index (χ0n) is 22.6. The number of ketones is 2. The second-order valence-corrected chi connectivity index (χ2v) is 11.4. The molecule has 4 aliphatic rings. The molecule has 1 fully saturated rings. The van der Waals surface area contributed by atoms with Crippen LogP contribution in [0.2, 0.25) is 0 Å². The summed E-state index contributed by atoms with van der Waals surface area (Å²) in [5, 5.41) is 45.8. The average Bonchev–Trinajstić information content (AvgIpc) is 3.26. The standard InChI is InChI=1S/C29H33N3O7/c1-12-6-7-13(8-12)15-11-18(31(2)3)16-9-14-10-17-22(32(4)5)25(35)21(28(30)38)27(37)29(17,39)26(36)19(14)24(34)20(16)23(15)33/h6-7,11,14,17,22,33-34,37,39H,8-10H2,1-5H3,(H2,30,38)/t14-,17-,22-,29-/m0/s1. The van der Waals surface area contributed by atoms with Gasteiger partial charge in [-0.1, -0.05) is 17.7 Å². The molecule has 39 heavy (non-hydrogen) atoms. The number of aliphatic hydroxyl groups is 3. The summed E-state index contributed by atoms with van der Waals surface area (Å²) in [6.07, 6.45) is 4.77. The fraction of sp³-hybridized carbons (Fsp3) is 0.414. The van der Waals surface area contributed by atoms with Crippen LogP contribution in [0.4, 0.5) is 5.69 Å². The van der Waals surface area contributed by atoms with E-state index in [0.717, 1.165) is 16.8 Å². The normalized spacial score (nSPS) is 28.2. The van der Waals surface area contributed by atoms with Crippen LogP contribution in [0.5, 0.6) is 5.75 Å². The second-order valence-electron chi connectivity index (χ2n) is 11.4. The van der Waals surface area contributed by atoms with Gasteiger partial charge in [0.25, 0.3) is 5.91 Å². The molecule has 5 rings (SSSR count). The smallest absolute Gasteiger partial charge is 0.255 e. The molecule has 0 bridgehead atoms. The number of fused-ring (bicyclic) bond motifs is 3. The monoisotopic (exact) mass is 535 g/mol. The number of aliphatic hydroxyl groups excluding tert-OH is 2. The molecule has 0 heterocycles. The molecule has 0 unspecified atom stereocenters. The van der Waals surface area contributed by atoms with Gasteiger partial charge in [0, 0.05) is 36.8 Å². The van der Waals surface area contributed by atoms with E-state index >= 15 is 0 Å². The second kappa shape index (κ2) is 8.82. The van der Waals surface area contributed by atoms with Gasteiger partial charge in [-0.3, -0.25) is 19.3 Å². The number of primary amides is 1. The van der Waals surface area contributed by atoms with Crippen LogP contribution in [-0.4, -0.2) is 82.6 Å². The number of rotatable bonds is 4. The molecule has 1 aromatic carbocycles. The molecule has 1 saturated carbocycles. The van der Waals surface area contributed by atoms with E-state index in [-0.39, 0.29) is 29.7 Å². The van der Waals surface area contributed by atoms with Gasteiger partial charge in [0.15, 0.2) is 11.4 Å². The molecule has 206 valence electrons. The van der Waals surface area contributed by atoms with Crippen molar-refractivity contribution in [2.75, 3.05) is 33.1 Å². The Balaban J connectivity index is 1.75. The molecule has 10 heteroatoms. The van der Waals surface area contributed by atoms with Gasteiger partial charge in [-0.15, -0.1) is 0 Å². The molecular weight excluding hydrogens is 502 g/mol. The van der Waals surface area contributed by atoms with Crippen molar-refractivity contribution in [3.8, 4) is 5.75 Å². The number of likely N-dealkylation sites (N-methyl/N-ethyl adjacent to an activating group) is 1. The number of hydrogen-bond donors (Lipinski definition) is 5. The van der Waals surface area contributed by atoms with E-state index < -0.39 is 58.0 Å². The number of carbonyl (C=O) groups is 3. The van der Waals surface area contributed by atoms with Crippen LogP contribution >= 0.6 is 0 Å². The van der Waals surface area contributed by atoms with Gasteiger partial charge < -0.3 is 31.1 Å². The summed E-state index contributed by atoms with van der Waals surface area (Å²) in [5.74, 6) is -6.54. The third-order valence-electron chi connectivity index (χ3n) is 8.56. The zero-order valence-corrected chi connectivity index (χ0v) is 22.6. The molecule has 10 nitrogen and oxygen atoms in total. The van der Waals surface area contributed by atoms with Crippen LogP contribution in [0.3, 0.4) is 0 Å². The number of nitrogens with two attached hydrogens (primary N) is 1. The third-order valence-corrected chi connectivity index (χ3v) is 8.56. The van der Waals surface area contributed by atoms with Gasteiger partial charge in [-0.05, 0) is 63.4 Å². The molecule has 4 atom stereocenters. The predicted octanol–water partition coefficient (Wildman–Crippen LogP) is 1.76. The van der Waals surface area contributed by atoms with Gasteiger partial charge in [0.1, 0.15) is 22.8 Å². The van der Waals surface area contributed by atoms with Crippen molar-refractivity contribution >= 4 is 34.5 Å². The minimum absolute atomic E-state index is 0.0510. The summed E-state index contributed by atoms with van der Waals surface area (Å²) in [6, 6.07) is 0.753. The molecule has 1 amide bonds. The Bertz CT molecular complexity index is 1480. The highest BCUT2D eigenvalue weighted by Crippen LogP contribution is 2.54. The lowest BCUT2D eigenvalue weighted by atomic mass is 9.57. The van der Waals surface area contributed by atoms with Gasteiger partial charge in [0.2, 0.25) is 5.78 Å². The lowest BCUT2D eigenvalue weighted by molar-refractivity contribution is -0.153. The number of nitrogens with zero attached hydrogens (tertiary/aromatic N) is 2. The minimum Gasteiger partial charge on any atom is -0.508 e. The molecule has 0 aliphatic heterocycles. The number of aromatic hydroxyl groups is 1. The summed E-state index contributed by atoms with van der Waals surface area (Å²) in [6.45, 7) is 1.98. The van der Waals surface area contributed by atoms with Gasteiger partial charge in [-0.2, -0.15) is 0 Å². The minimum atomic E-state index is -2.66. The van der Waals surface area contributed by atoms with E-state index in [0.29, 0.717) is 17.5 Å². The maximum absolute atomic E-state index is 14.0. The molecular formula is C29H33N3O7. The highest BCUT2D eigenvalue weighted by Gasteiger charge is 2.64. The number of hydrogen-bond acceptors (Lipinski definition) is 9. The first kappa shape index (κ1) is 26.7. The Labute approximate surface area is 226 Å². The van der Waals surface area contributed by atoms with Crippen molar-refractivity contribution in [2.24, 2.45) is 17.6 Å². The van der Waals surface area contributed by atoms with Crippen LogP contribution in [0.15, 0.2) is 40.7 Å². The number of amides is 1. The lowest BCUT2D eigenvalue weighted by Gasteiger charge is -2.50. The van der Waals surface area contributed by atoms with Crippen molar-refractivity contribution in [2.45, 2.75) is 37.8 Å². The fourth-order valence-corrected chi connectivity index (χ4v) is 6.78. The molecule has 1 aromatic rings. The number of allylic oxidation sites excluding steroid dienone is 4. The number of phenols is 1. The maximum Gasteiger partial charge on any atom is 0.255 e. The molecule has 0 radical (unpaired) electrons. The Morgan fingerprint density at radius 1 is 1.10 bits per heavy atom. The number of carbonyl (C=O) groups excluding carboxylic acids is 3. The highest BCUT2D eigenvalue weighted by molar-refractivity contribution is 6.24. The molecule has 4 aliphatic carbocycles. The van der Waals surface area contributed by atoms with Crippen molar-refractivity contribution in [1.82, 2.24) is 4.90 Å². The van der Waals surface area contributed by atoms with Gasteiger partial charge >= 0.3 is 0 Å². The highest BCUT2D eigenvalue weighted by atomic mass is 16.3. The Morgan fingerprint density at radius 3 is 2.31 bits per heavy atom. The predicted molar refractivity (Wildman–Crippen MR) is 145 cm³/mol. The van der Waals surface area contributed by atoms with E-state index in [1.54, 1.807) is 14.1 Å². The quantitative estimate of drug-likeness (QED) is 0.361. The SMILES string of the molecule is CC1=CC=C(c2cc(N(C)C)c3c(c2O)C(O)=C2C(=O)[C@]4(O)C(O)=C(C(N)=O)C(=O)[C@@H](N(C)C)[C@@H]4C[C@@H]2C3)C1. The largest absolute Gasteiger partial charge is 0.508 e. The number of anilines is 1. The summed E-state index contributed by atoms with van der Waals surface area (Å²) >= 11 is 0. The van der Waals surface area contributed by atoms with Crippen LogP contribution in [0, 0.1) is 11.8 Å². The van der Waals surface area contributed by atoms with Crippen molar-refractivity contribution in [3.05, 3.63) is 57.4 Å². The van der Waals surface area contributed by atoms with Crippen molar-refractivity contribution in [3.63, 3.8) is 0 Å². The van der Waals surface area contributed by atoms with E-state index in [2.05, 4.69) is 0 Å². The zero-order chi connectivity index (χ0) is 28.7. The molecule has 0 saturated heterocycles. The Kier molecular flexibility index (Phi) is 6.04. The summed E-state index contributed by atoms with van der Waals surface area (Å²) in [7, 11) is 6.84. The average molecular weight is 536 g/mol. The van der Waals surface area contributed by atoms with Crippen LogP contribution in [-0.2, 0) is 20.8 Å². The van der Waals surface area contributed by atoms with Crippen LogP contribution in [0.25, 0.3) is 11.3 Å². The summed E-state index contributed by atoms with van der Waals surface area (Å²) in [5.41, 5.74) is 5.72. The summed E-state index contributed by atoms with van der Waals surface area (Å²) < 4.78 is 0. The number of Topliss-reactive ketones (excluding diaryl/α,β-unsaturated/α-hetero) is 2. The van der Waals surface area contributed by atoms with Gasteiger partial charge in [-0.25, -0.2) is 0 Å². The topological polar surface area (TPSA) is 165 Å². The lowest BCUT2D eigenvalue weighted by Crippen LogP contribution is -2.65. The third kappa shape index (κ3) is 3.58. The Morgan fingerprint density at radius 2 is 1.77 bits per heavy atom. The van der Waals surface area contributed by atoms with E-state index in [1.807, 2.05) is 44.1 Å². The first-order chi connectivity index (χ1) is 18.2. The van der Waals surface area contributed by atoms with E-state index in [9.17, 15) is 34.8 Å². The fourth-order valence-electron chi connectivity index (χ4n) is 6.78. The van der Waals surface area contributed by atoms with E-state index in [1.165, 1.54) is 4.90 Å². The van der Waals surface area contributed by atoms with Crippen molar-refractivity contribution < 1.29 is 34.8 Å². The van der Waals surface area contributed by atoms with Crippen LogP contribution in [0.1, 0.15) is 36.5 Å². The van der Waals surface area contributed by atoms with Crippen molar-refractivity contribution in [1.29, 1.82) is 0 Å². The summed E-state index contributed by atoms with van der Waals surface area (Å²) in [4.78, 5) is 42.8. The Hall–Kier alpha value is -3.89. The molecule has 0 aromatic heterocycles. The van der Waals surface area contributed by atoms with Crippen LogP contribution < -0.4 is 10.6 Å². The molecule has 6 N–H and O–H groups in total. The number of benzene rings is 1. The maximum atomic E-state index is 14.0. The number of phenolic OH excluding ortho intramolecular Hbond substituents is 1. The van der Waals surface area contributed by atoms with E-state index in [4.69, 9.17) is 5.73 Å². The first-order valence-corrected chi connectivity index (χ1v) is 12.8.